The highest BCUT2D eigenvalue weighted by atomic mass is 35.5. The maximum atomic E-state index is 15.4. The van der Waals surface area contributed by atoms with Gasteiger partial charge in [0.05, 0.1) is 34.3 Å². The molecule has 0 radical (unpaired) electrons. The summed E-state index contributed by atoms with van der Waals surface area (Å²) in [6.07, 6.45) is -5.09. The van der Waals surface area contributed by atoms with Crippen LogP contribution in [0, 0.1) is 29.4 Å². The van der Waals surface area contributed by atoms with E-state index < -0.39 is 98.4 Å². The number of fused-ring (bicyclic) bond motifs is 4. The molecule has 1 N–H and O–H groups in total. The Morgan fingerprint density at radius 3 is 2.42 bits per heavy atom. The Bertz CT molecular complexity index is 2680. The molecule has 2 aliphatic rings. The number of ether oxygens (including phenoxy) is 1. The van der Waals surface area contributed by atoms with Crippen molar-refractivity contribution >= 4 is 38.1 Å². The zero-order chi connectivity index (χ0) is 43.0. The molecule has 1 unspecified atom stereocenters. The highest BCUT2D eigenvalue weighted by Gasteiger charge is 2.68. The number of methoxy groups -OCH3 is 1. The second-order valence-corrected chi connectivity index (χ2v) is 17.9. The molecule has 10 nitrogen and oxygen atoms in total. The predicted octanol–water partition coefficient (Wildman–Crippen LogP) is 7.27. The summed E-state index contributed by atoms with van der Waals surface area (Å²) in [4.78, 5) is 18.8. The summed E-state index contributed by atoms with van der Waals surface area (Å²) < 4.78 is 134. The van der Waals surface area contributed by atoms with Gasteiger partial charge in [-0.2, -0.15) is 32.1 Å². The number of aryl methyl sites for hydroxylation is 1. The minimum absolute atomic E-state index is 0.0505. The zero-order valence-corrected chi connectivity index (χ0v) is 33.3. The Balaban J connectivity index is 1.40. The van der Waals surface area contributed by atoms with Gasteiger partial charge in [-0.15, -0.1) is 0 Å². The number of benzene rings is 2. The molecule has 3 heterocycles. The van der Waals surface area contributed by atoms with Gasteiger partial charge in [-0.05, 0) is 67.5 Å². The standard InChI is InChI=1S/C40H35ClF7N5O5S/c1-38(55,19-58-3)10-9-24-5-6-26(27-7-8-30(41)33-31(18-59(4,56)57)50-52(2)35(27)33)34(49-24)21(11-20-12-22(42)15-23(43)13-20)14-25(54)17-53-37-32(36(51-53)40(46,47)48)28-16-29(28)39(37,44)45/h5-8,12-13,15,21,28-29,55H,11,14,16-19H2,1-4H3/t21-,28+,29-,38?/m1/s1. The summed E-state index contributed by atoms with van der Waals surface area (Å²) in [5.41, 5.74) is -3.39. The van der Waals surface area contributed by atoms with E-state index in [0.29, 0.717) is 21.8 Å². The number of nitrogens with zero attached hydrogens (tertiary/aromatic N) is 5. The van der Waals surface area contributed by atoms with Crippen molar-refractivity contribution in [3.8, 4) is 23.0 Å². The molecule has 0 aliphatic heterocycles. The number of carbonyl (C=O) groups is 1. The van der Waals surface area contributed by atoms with Crippen LogP contribution in [-0.2, 0) is 57.2 Å². The number of carbonyl (C=O) groups excluding carboxylic acids is 1. The second kappa shape index (κ2) is 15.0. The fraction of sp³-hybridized carbons (Fsp3) is 0.400. The van der Waals surface area contributed by atoms with Crippen LogP contribution in [0.4, 0.5) is 30.7 Å². The average Bonchev–Trinajstić information content (AvgIpc) is 3.65. The van der Waals surface area contributed by atoms with Crippen LogP contribution in [0.3, 0.4) is 0 Å². The number of aliphatic hydroxyl groups is 1. The molecular weight excluding hydrogens is 831 g/mol. The molecule has 19 heteroatoms. The summed E-state index contributed by atoms with van der Waals surface area (Å²) in [5, 5.41) is 19.0. The lowest BCUT2D eigenvalue weighted by atomic mass is 9.86. The molecule has 0 amide bonds. The lowest BCUT2D eigenvalue weighted by Crippen LogP contribution is -2.27. The van der Waals surface area contributed by atoms with Gasteiger partial charge in [0, 0.05) is 66.8 Å². The van der Waals surface area contributed by atoms with E-state index in [1.165, 1.54) is 30.8 Å². The quantitative estimate of drug-likeness (QED) is 0.103. The molecule has 0 spiro atoms. The van der Waals surface area contributed by atoms with Gasteiger partial charge in [0.2, 0.25) is 0 Å². The third kappa shape index (κ3) is 8.47. The van der Waals surface area contributed by atoms with E-state index in [9.17, 15) is 40.3 Å². The van der Waals surface area contributed by atoms with Crippen molar-refractivity contribution < 1.29 is 53.8 Å². The number of hydrogen-bond donors (Lipinski definition) is 1. The number of pyridine rings is 1. The Morgan fingerprint density at radius 1 is 1.10 bits per heavy atom. The molecular formula is C40H35ClF7N5O5S. The predicted molar refractivity (Wildman–Crippen MR) is 201 cm³/mol. The van der Waals surface area contributed by atoms with E-state index in [1.54, 1.807) is 19.2 Å². The number of aromatic nitrogens is 5. The number of rotatable bonds is 12. The number of hydrogen-bond acceptors (Lipinski definition) is 8. The molecule has 4 atom stereocenters. The Hall–Kier alpha value is -4.83. The fourth-order valence-electron chi connectivity index (χ4n) is 8.00. The van der Waals surface area contributed by atoms with Crippen LogP contribution in [-0.4, -0.2) is 69.4 Å². The number of alkyl halides is 5. The summed E-state index contributed by atoms with van der Waals surface area (Å²) in [6, 6.07) is 8.82. The molecule has 0 bridgehead atoms. The van der Waals surface area contributed by atoms with E-state index in [4.69, 9.17) is 21.3 Å². The Morgan fingerprint density at radius 2 is 1.78 bits per heavy atom. The van der Waals surface area contributed by atoms with Crippen LogP contribution >= 0.6 is 11.6 Å². The highest BCUT2D eigenvalue weighted by Crippen LogP contribution is 2.68. The number of Topliss-reactive ketones (excluding diaryl/α,β-unsaturated/α-hetero) is 1. The van der Waals surface area contributed by atoms with Crippen LogP contribution in [0.2, 0.25) is 5.02 Å². The van der Waals surface area contributed by atoms with Crippen LogP contribution in [0.5, 0.6) is 0 Å². The molecule has 59 heavy (non-hydrogen) atoms. The normalized spacial score (nSPS) is 18.5. The van der Waals surface area contributed by atoms with E-state index in [-0.39, 0.29) is 58.1 Å². The van der Waals surface area contributed by atoms with Crippen molar-refractivity contribution in [1.82, 2.24) is 24.5 Å². The van der Waals surface area contributed by atoms with Crippen molar-refractivity contribution in [1.29, 1.82) is 0 Å². The maximum Gasteiger partial charge on any atom is 0.435 e. The zero-order valence-electron chi connectivity index (χ0n) is 31.8. The third-order valence-corrected chi connectivity index (χ3v) is 11.4. The lowest BCUT2D eigenvalue weighted by Gasteiger charge is -2.22. The summed E-state index contributed by atoms with van der Waals surface area (Å²) in [6.45, 7) is 0.223. The van der Waals surface area contributed by atoms with Gasteiger partial charge in [-0.3, -0.25) is 14.2 Å². The second-order valence-electron chi connectivity index (χ2n) is 15.3. The lowest BCUT2D eigenvalue weighted by molar-refractivity contribution is -0.142. The molecule has 312 valence electrons. The van der Waals surface area contributed by atoms with Crippen LogP contribution in [0.1, 0.15) is 71.2 Å². The Labute approximate surface area is 338 Å². The van der Waals surface area contributed by atoms with Gasteiger partial charge >= 0.3 is 6.18 Å². The number of halogens is 8. The van der Waals surface area contributed by atoms with Crippen LogP contribution in [0.25, 0.3) is 22.0 Å². The first-order valence-electron chi connectivity index (χ1n) is 18.1. The fourth-order valence-corrected chi connectivity index (χ4v) is 8.96. The number of sulfone groups is 1. The first-order chi connectivity index (χ1) is 27.5. The van der Waals surface area contributed by atoms with Crippen molar-refractivity contribution in [2.75, 3.05) is 20.0 Å². The van der Waals surface area contributed by atoms with Gasteiger partial charge in [0.1, 0.15) is 35.2 Å². The van der Waals surface area contributed by atoms with E-state index in [1.807, 2.05) is 0 Å². The molecule has 1 fully saturated rings. The maximum absolute atomic E-state index is 15.4. The van der Waals surface area contributed by atoms with Crippen molar-refractivity contribution in [2.24, 2.45) is 13.0 Å². The minimum atomic E-state index is -5.07. The SMILES string of the molecule is COCC(C)(O)C#Cc1ccc(-c2ccc(Cl)c3c(CS(C)(=O)=O)nn(C)c23)c([C@@H](CC(=O)Cn2nc(C(F)(F)F)c3c2C(F)(F)[C@@H]2C[C@H]32)Cc2cc(F)cc(F)c2)n1. The van der Waals surface area contributed by atoms with E-state index in [2.05, 4.69) is 22.0 Å². The third-order valence-electron chi connectivity index (χ3n) is 10.3. The highest BCUT2D eigenvalue weighted by molar-refractivity contribution is 7.89. The molecule has 1 saturated carbocycles. The van der Waals surface area contributed by atoms with Crippen LogP contribution in [0.15, 0.2) is 42.5 Å². The topological polar surface area (TPSA) is 129 Å². The van der Waals surface area contributed by atoms with Gasteiger partial charge in [-0.1, -0.05) is 23.6 Å². The smallest absolute Gasteiger partial charge is 0.381 e. The summed E-state index contributed by atoms with van der Waals surface area (Å²) in [7, 11) is -0.700. The molecule has 2 aromatic carbocycles. The Kier molecular flexibility index (Phi) is 10.8. The average molecular weight is 866 g/mol. The minimum Gasteiger partial charge on any atom is -0.381 e. The van der Waals surface area contributed by atoms with Gasteiger partial charge < -0.3 is 9.84 Å². The largest absolute Gasteiger partial charge is 0.435 e. The summed E-state index contributed by atoms with van der Waals surface area (Å²) >= 11 is 6.62. The molecule has 3 aromatic heterocycles. The molecule has 0 saturated heterocycles. The molecule has 2 aliphatic carbocycles. The number of ketones is 1. The van der Waals surface area contributed by atoms with Crippen molar-refractivity contribution in [3.63, 3.8) is 0 Å². The molecule has 5 aromatic rings. The van der Waals surface area contributed by atoms with Gasteiger partial charge in [0.15, 0.2) is 21.3 Å². The van der Waals surface area contributed by atoms with Crippen molar-refractivity contribution in [2.45, 2.75) is 68.0 Å². The van der Waals surface area contributed by atoms with Gasteiger partial charge in [0.25, 0.3) is 5.92 Å². The van der Waals surface area contributed by atoms with Crippen molar-refractivity contribution in [3.05, 3.63) is 98.7 Å². The monoisotopic (exact) mass is 865 g/mol. The molecule has 7 rings (SSSR count). The first kappa shape index (κ1) is 42.3. The van der Waals surface area contributed by atoms with E-state index >= 15 is 8.78 Å². The first-order valence-corrected chi connectivity index (χ1v) is 20.5. The van der Waals surface area contributed by atoms with Crippen LogP contribution < -0.4 is 0 Å². The summed E-state index contributed by atoms with van der Waals surface area (Å²) in [5.74, 6) is -5.00. The van der Waals surface area contributed by atoms with Gasteiger partial charge in [-0.25, -0.2) is 22.2 Å². The van der Waals surface area contributed by atoms with E-state index in [0.717, 1.165) is 18.4 Å².